The van der Waals surface area contributed by atoms with Crippen LogP contribution in [0, 0.1) is 0 Å². The minimum Gasteiger partial charge on any atom is -0.426 e. The van der Waals surface area contributed by atoms with Crippen LogP contribution in [0.2, 0.25) is 0 Å². The second-order valence-corrected chi connectivity index (χ2v) is 5.42. The summed E-state index contributed by atoms with van der Waals surface area (Å²) in [6, 6.07) is 14.7. The van der Waals surface area contributed by atoms with Gasteiger partial charge in [0.2, 0.25) is 0 Å². The van der Waals surface area contributed by atoms with Gasteiger partial charge in [0, 0.05) is 22.7 Å². The first-order chi connectivity index (χ1) is 11.1. The molecule has 0 saturated carbocycles. The van der Waals surface area contributed by atoms with Crippen molar-refractivity contribution in [2.45, 2.75) is 19.8 Å². The van der Waals surface area contributed by atoms with Gasteiger partial charge >= 0.3 is 5.97 Å². The lowest BCUT2D eigenvalue weighted by Crippen LogP contribution is -2.09. The molecule has 1 aromatic heterocycles. The number of aromatic nitrogens is 1. The fourth-order valence-electron chi connectivity index (χ4n) is 2.54. The van der Waals surface area contributed by atoms with E-state index in [-0.39, 0.29) is 18.2 Å². The summed E-state index contributed by atoms with van der Waals surface area (Å²) in [6.07, 6.45) is 2.82. The molecule has 0 aliphatic carbocycles. The van der Waals surface area contributed by atoms with Gasteiger partial charge < -0.3 is 9.72 Å². The second kappa shape index (κ2) is 6.48. The molecule has 3 aromatic rings. The van der Waals surface area contributed by atoms with Crippen LogP contribution in [-0.4, -0.2) is 16.7 Å². The number of fused-ring (bicyclic) bond motifs is 1. The molecule has 0 radical (unpaired) electrons. The summed E-state index contributed by atoms with van der Waals surface area (Å²) < 4.78 is 5.31. The summed E-state index contributed by atoms with van der Waals surface area (Å²) in [6.45, 7) is 1.48. The molecule has 4 heteroatoms. The first kappa shape index (κ1) is 15.0. The molecule has 0 aliphatic rings. The number of benzene rings is 2. The predicted octanol–water partition coefficient (Wildman–Crippen LogP) is 3.91. The van der Waals surface area contributed by atoms with Gasteiger partial charge in [-0.1, -0.05) is 30.3 Å². The van der Waals surface area contributed by atoms with Crippen molar-refractivity contribution in [1.82, 2.24) is 4.98 Å². The zero-order valence-electron chi connectivity index (χ0n) is 12.8. The lowest BCUT2D eigenvalue weighted by Gasteiger charge is -2.05. The van der Waals surface area contributed by atoms with E-state index in [4.69, 9.17) is 4.74 Å². The number of H-pyrrole nitrogens is 1. The topological polar surface area (TPSA) is 59.2 Å². The van der Waals surface area contributed by atoms with E-state index in [0.717, 1.165) is 16.5 Å². The average molecular weight is 307 g/mol. The van der Waals surface area contributed by atoms with E-state index in [1.807, 2.05) is 30.5 Å². The summed E-state index contributed by atoms with van der Waals surface area (Å²) >= 11 is 0. The summed E-state index contributed by atoms with van der Waals surface area (Å²) in [5, 5.41) is 1.12. The van der Waals surface area contributed by atoms with Crippen LogP contribution in [0.25, 0.3) is 10.9 Å². The summed E-state index contributed by atoms with van der Waals surface area (Å²) in [4.78, 5) is 26.5. The van der Waals surface area contributed by atoms with Gasteiger partial charge in [0.1, 0.15) is 5.75 Å². The zero-order chi connectivity index (χ0) is 16.2. The van der Waals surface area contributed by atoms with Crippen LogP contribution >= 0.6 is 0 Å². The summed E-state index contributed by atoms with van der Waals surface area (Å²) in [5.41, 5.74) is 2.69. The number of carbonyl (C=O) groups excluding carboxylic acids is 2. The molecule has 0 atom stereocenters. The number of esters is 1. The third-order valence-electron chi connectivity index (χ3n) is 3.75. The second-order valence-electron chi connectivity index (χ2n) is 5.42. The van der Waals surface area contributed by atoms with Crippen LogP contribution in [0.4, 0.5) is 0 Å². The quantitative estimate of drug-likeness (QED) is 0.442. The number of hydrogen-bond acceptors (Lipinski definition) is 3. The van der Waals surface area contributed by atoms with E-state index in [0.29, 0.717) is 17.7 Å². The van der Waals surface area contributed by atoms with Crippen LogP contribution in [0.1, 0.15) is 29.3 Å². The van der Waals surface area contributed by atoms with Crippen molar-refractivity contribution in [3.8, 4) is 5.75 Å². The number of nitrogens with one attached hydrogen (secondary N) is 1. The Morgan fingerprint density at radius 1 is 1.09 bits per heavy atom. The molecule has 0 aliphatic heterocycles. The van der Waals surface area contributed by atoms with E-state index in [1.54, 1.807) is 24.3 Å². The monoisotopic (exact) mass is 307 g/mol. The number of aryl methyl sites for hydroxylation is 1. The van der Waals surface area contributed by atoms with E-state index >= 15 is 0 Å². The van der Waals surface area contributed by atoms with Crippen LogP contribution in [0.15, 0.2) is 54.7 Å². The van der Waals surface area contributed by atoms with Crippen molar-refractivity contribution in [1.29, 1.82) is 0 Å². The predicted molar refractivity (Wildman–Crippen MR) is 88.7 cm³/mol. The maximum absolute atomic E-state index is 12.0. The van der Waals surface area contributed by atoms with Gasteiger partial charge in [0.25, 0.3) is 0 Å². The zero-order valence-corrected chi connectivity index (χ0v) is 12.8. The number of para-hydroxylation sites is 1. The molecular formula is C19H17NO3. The molecule has 116 valence electrons. The van der Waals surface area contributed by atoms with Crippen LogP contribution in [0.5, 0.6) is 5.75 Å². The normalized spacial score (nSPS) is 10.7. The number of aromatic amines is 1. The lowest BCUT2D eigenvalue weighted by atomic mass is 10.1. The lowest BCUT2D eigenvalue weighted by molar-refractivity contribution is -0.134. The largest absolute Gasteiger partial charge is 0.426 e. The fourth-order valence-corrected chi connectivity index (χ4v) is 2.54. The SMILES string of the molecule is CC(=O)c1cccc(OC(=O)CCc2c[nH]c3ccccc23)c1. The summed E-state index contributed by atoms with van der Waals surface area (Å²) in [5.74, 6) is 0.0410. The van der Waals surface area contributed by atoms with Gasteiger partial charge in [-0.3, -0.25) is 9.59 Å². The Kier molecular flexibility index (Phi) is 4.24. The fraction of sp³-hybridized carbons (Fsp3) is 0.158. The molecule has 0 spiro atoms. The van der Waals surface area contributed by atoms with E-state index in [9.17, 15) is 9.59 Å². The van der Waals surface area contributed by atoms with Gasteiger partial charge in [0.15, 0.2) is 5.78 Å². The molecule has 4 nitrogen and oxygen atoms in total. The average Bonchev–Trinajstić information content (AvgIpc) is 2.96. The van der Waals surface area contributed by atoms with Crippen molar-refractivity contribution in [3.05, 3.63) is 65.9 Å². The Labute approximate surface area is 134 Å². The molecule has 1 N–H and O–H groups in total. The van der Waals surface area contributed by atoms with E-state index < -0.39 is 0 Å². The molecule has 1 heterocycles. The third kappa shape index (κ3) is 3.48. The van der Waals surface area contributed by atoms with Gasteiger partial charge in [-0.15, -0.1) is 0 Å². The van der Waals surface area contributed by atoms with Crippen LogP contribution in [0.3, 0.4) is 0 Å². The number of Topliss-reactive ketones (excluding diaryl/α,β-unsaturated/α-hetero) is 1. The maximum Gasteiger partial charge on any atom is 0.311 e. The Balaban J connectivity index is 1.64. The van der Waals surface area contributed by atoms with Crippen molar-refractivity contribution in [3.63, 3.8) is 0 Å². The van der Waals surface area contributed by atoms with E-state index in [1.165, 1.54) is 6.92 Å². The van der Waals surface area contributed by atoms with Crippen molar-refractivity contribution in [2.24, 2.45) is 0 Å². The molecule has 2 aromatic carbocycles. The minimum absolute atomic E-state index is 0.0540. The number of carbonyl (C=O) groups is 2. The first-order valence-corrected chi connectivity index (χ1v) is 7.50. The van der Waals surface area contributed by atoms with Crippen molar-refractivity contribution < 1.29 is 14.3 Å². The van der Waals surface area contributed by atoms with Crippen molar-refractivity contribution >= 4 is 22.7 Å². The maximum atomic E-state index is 12.0. The molecule has 0 unspecified atom stereocenters. The Morgan fingerprint density at radius 2 is 1.91 bits per heavy atom. The summed E-state index contributed by atoms with van der Waals surface area (Å²) in [7, 11) is 0. The molecular weight excluding hydrogens is 290 g/mol. The number of hydrogen-bond donors (Lipinski definition) is 1. The molecule has 0 saturated heterocycles. The molecule has 0 fully saturated rings. The smallest absolute Gasteiger partial charge is 0.311 e. The Morgan fingerprint density at radius 3 is 2.74 bits per heavy atom. The van der Waals surface area contributed by atoms with E-state index in [2.05, 4.69) is 4.98 Å². The molecule has 23 heavy (non-hydrogen) atoms. The molecule has 0 amide bonds. The molecule has 0 bridgehead atoms. The van der Waals surface area contributed by atoms with Gasteiger partial charge in [0.05, 0.1) is 6.42 Å². The highest BCUT2D eigenvalue weighted by atomic mass is 16.5. The highest BCUT2D eigenvalue weighted by molar-refractivity contribution is 5.94. The van der Waals surface area contributed by atoms with Crippen LogP contribution in [-0.2, 0) is 11.2 Å². The highest BCUT2D eigenvalue weighted by Gasteiger charge is 2.09. The van der Waals surface area contributed by atoms with Gasteiger partial charge in [-0.05, 0) is 37.1 Å². The highest BCUT2D eigenvalue weighted by Crippen LogP contribution is 2.20. The first-order valence-electron chi connectivity index (χ1n) is 7.50. The third-order valence-corrected chi connectivity index (χ3v) is 3.75. The van der Waals surface area contributed by atoms with Crippen molar-refractivity contribution in [2.75, 3.05) is 0 Å². The number of ketones is 1. The standard InChI is InChI=1S/C19H17NO3/c1-13(21)14-5-4-6-16(11-14)23-19(22)10-9-15-12-20-18-8-3-2-7-17(15)18/h2-8,11-12,20H,9-10H2,1H3. The van der Waals surface area contributed by atoms with Gasteiger partial charge in [-0.2, -0.15) is 0 Å². The molecule has 3 rings (SSSR count). The number of ether oxygens (including phenoxy) is 1. The minimum atomic E-state index is -0.309. The number of rotatable bonds is 5. The van der Waals surface area contributed by atoms with Crippen LogP contribution < -0.4 is 4.74 Å². The van der Waals surface area contributed by atoms with Gasteiger partial charge in [-0.25, -0.2) is 0 Å². The Hall–Kier alpha value is -2.88. The Bertz CT molecular complexity index is 864.